The third-order valence-corrected chi connectivity index (χ3v) is 6.33. The van der Waals surface area contributed by atoms with Gasteiger partial charge in [-0.3, -0.25) is 4.79 Å². The molecule has 1 amide bonds. The Balaban J connectivity index is 1.57. The minimum Gasteiger partial charge on any atom is -0.480 e. The van der Waals surface area contributed by atoms with E-state index in [0.717, 1.165) is 23.4 Å². The first-order chi connectivity index (χ1) is 16.1. The Morgan fingerprint density at radius 2 is 1.97 bits per heavy atom. The highest BCUT2D eigenvalue weighted by molar-refractivity contribution is 5.88. The lowest BCUT2D eigenvalue weighted by Crippen LogP contribution is -2.40. The van der Waals surface area contributed by atoms with Crippen LogP contribution in [0.4, 0.5) is 17.6 Å². The van der Waals surface area contributed by atoms with Crippen molar-refractivity contribution in [2.24, 2.45) is 0 Å². The molecule has 180 valence electrons. The highest BCUT2D eigenvalue weighted by atomic mass is 19.4. The zero-order valence-corrected chi connectivity index (χ0v) is 18.5. The maximum atomic E-state index is 14.0. The average Bonchev–Trinajstić information content (AvgIpc) is 3.06. The summed E-state index contributed by atoms with van der Waals surface area (Å²) >= 11 is 0. The fourth-order valence-electron chi connectivity index (χ4n) is 4.83. The predicted molar refractivity (Wildman–Crippen MR) is 118 cm³/mol. The lowest BCUT2D eigenvalue weighted by molar-refractivity contribution is -0.141. The number of aromatic nitrogens is 1. The van der Waals surface area contributed by atoms with Crippen molar-refractivity contribution in [1.82, 2.24) is 9.88 Å². The van der Waals surface area contributed by atoms with Crippen molar-refractivity contribution in [3.05, 3.63) is 70.7 Å². The van der Waals surface area contributed by atoms with Gasteiger partial charge in [-0.1, -0.05) is 25.1 Å². The van der Waals surface area contributed by atoms with Crippen molar-refractivity contribution in [2.45, 2.75) is 57.3 Å². The Morgan fingerprint density at radius 1 is 1.21 bits per heavy atom. The summed E-state index contributed by atoms with van der Waals surface area (Å²) < 4.78 is 54.6. The molecule has 5 nitrogen and oxygen atoms in total. The molecule has 1 aliphatic carbocycles. The second-order valence-corrected chi connectivity index (χ2v) is 8.60. The Bertz CT molecular complexity index is 1250. The summed E-state index contributed by atoms with van der Waals surface area (Å²) in [5, 5.41) is 13.2. The van der Waals surface area contributed by atoms with Crippen LogP contribution in [0.25, 0.3) is 10.9 Å². The summed E-state index contributed by atoms with van der Waals surface area (Å²) in [6.45, 7) is 1.78. The number of amides is 1. The number of alkyl halides is 3. The van der Waals surface area contributed by atoms with Gasteiger partial charge in [0.1, 0.15) is 11.9 Å². The zero-order valence-electron chi connectivity index (χ0n) is 18.5. The van der Waals surface area contributed by atoms with Crippen molar-refractivity contribution in [3.63, 3.8) is 0 Å². The smallest absolute Gasteiger partial charge is 0.416 e. The number of hydrogen-bond donors (Lipinski definition) is 2. The molecular weight excluding hydrogens is 452 g/mol. The first-order valence-electron chi connectivity index (χ1n) is 11.1. The first kappa shape index (κ1) is 23.8. The van der Waals surface area contributed by atoms with Crippen LogP contribution in [0.15, 0.2) is 42.5 Å². The van der Waals surface area contributed by atoms with Crippen molar-refractivity contribution in [1.29, 1.82) is 0 Å². The molecule has 34 heavy (non-hydrogen) atoms. The number of benzene rings is 2. The van der Waals surface area contributed by atoms with E-state index in [4.69, 9.17) is 0 Å². The van der Waals surface area contributed by atoms with Gasteiger partial charge in [-0.25, -0.2) is 9.18 Å². The largest absolute Gasteiger partial charge is 0.480 e. The Labute approximate surface area is 193 Å². The van der Waals surface area contributed by atoms with E-state index < -0.39 is 35.5 Å². The van der Waals surface area contributed by atoms with Gasteiger partial charge in [0.15, 0.2) is 0 Å². The fourth-order valence-corrected chi connectivity index (χ4v) is 4.83. The Kier molecular flexibility index (Phi) is 6.38. The minimum atomic E-state index is -4.48. The van der Waals surface area contributed by atoms with E-state index in [9.17, 15) is 32.3 Å². The number of rotatable bonds is 6. The molecule has 2 unspecified atom stereocenters. The summed E-state index contributed by atoms with van der Waals surface area (Å²) in [4.78, 5) is 24.5. The highest BCUT2D eigenvalue weighted by Crippen LogP contribution is 2.36. The van der Waals surface area contributed by atoms with Crippen molar-refractivity contribution >= 4 is 22.8 Å². The Morgan fingerprint density at radius 3 is 2.65 bits per heavy atom. The second kappa shape index (κ2) is 9.12. The molecule has 9 heteroatoms. The van der Waals surface area contributed by atoms with E-state index in [1.54, 1.807) is 17.6 Å². The summed E-state index contributed by atoms with van der Waals surface area (Å²) in [5.74, 6) is -1.81. The molecule has 2 aromatic carbocycles. The van der Waals surface area contributed by atoms with Crippen LogP contribution in [0.2, 0.25) is 0 Å². The van der Waals surface area contributed by atoms with Crippen molar-refractivity contribution in [3.8, 4) is 0 Å². The quantitative estimate of drug-likeness (QED) is 0.489. The number of aliphatic carboxylic acids is 1. The van der Waals surface area contributed by atoms with Crippen LogP contribution in [0.5, 0.6) is 0 Å². The molecule has 0 aliphatic heterocycles. The van der Waals surface area contributed by atoms with Gasteiger partial charge < -0.3 is 15.0 Å². The number of nitrogens with one attached hydrogen (secondary N) is 1. The summed E-state index contributed by atoms with van der Waals surface area (Å²) in [7, 11) is 0. The fraction of sp³-hybridized carbons (Fsp3) is 0.360. The van der Waals surface area contributed by atoms with Crippen LogP contribution in [0.1, 0.15) is 48.2 Å². The molecule has 0 saturated heterocycles. The molecule has 0 saturated carbocycles. The van der Waals surface area contributed by atoms with Gasteiger partial charge in [-0.2, -0.15) is 13.2 Å². The monoisotopic (exact) mass is 476 g/mol. The first-order valence-corrected chi connectivity index (χ1v) is 11.1. The maximum Gasteiger partial charge on any atom is 0.416 e. The summed E-state index contributed by atoms with van der Waals surface area (Å²) in [6.07, 6.45) is -2.91. The standard InChI is InChI=1S/C25H24F4N2O3/c1-2-20(24(33)34)31-21-8-6-16(26)12-18(21)19-13-17(7-9-22(19)31)30-23(32)11-14-4-3-5-15(10-14)25(27,28)29/h3-6,8,10,12,17,20H,2,7,9,11,13H2,1H3,(H,30,32)(H,33,34). The number of fused-ring (bicyclic) bond motifs is 3. The van der Waals surface area contributed by atoms with Gasteiger partial charge in [-0.15, -0.1) is 0 Å². The number of carboxylic acid groups (broad SMARTS) is 1. The van der Waals surface area contributed by atoms with Crippen molar-refractivity contribution in [2.75, 3.05) is 0 Å². The molecule has 0 bridgehead atoms. The number of nitrogens with zero attached hydrogens (tertiary/aromatic N) is 1. The van der Waals surface area contributed by atoms with E-state index in [-0.39, 0.29) is 18.0 Å². The van der Waals surface area contributed by atoms with Gasteiger partial charge in [0, 0.05) is 22.6 Å². The molecular formula is C25H24F4N2O3. The van der Waals surface area contributed by atoms with E-state index in [1.165, 1.54) is 24.3 Å². The molecule has 3 aromatic rings. The van der Waals surface area contributed by atoms with Gasteiger partial charge in [-0.05, 0) is 61.1 Å². The van der Waals surface area contributed by atoms with Crippen LogP contribution in [0, 0.1) is 5.82 Å². The van der Waals surface area contributed by atoms with Gasteiger partial charge in [0.05, 0.1) is 12.0 Å². The lowest BCUT2D eigenvalue weighted by atomic mass is 9.91. The molecule has 1 aromatic heterocycles. The second-order valence-electron chi connectivity index (χ2n) is 8.60. The molecule has 4 rings (SSSR count). The van der Waals surface area contributed by atoms with E-state index in [2.05, 4.69) is 5.32 Å². The summed E-state index contributed by atoms with van der Waals surface area (Å²) in [6, 6.07) is 7.84. The normalized spacial score (nSPS) is 16.8. The van der Waals surface area contributed by atoms with Crippen LogP contribution in [-0.4, -0.2) is 27.6 Å². The number of carboxylic acids is 1. The van der Waals surface area contributed by atoms with E-state index in [0.29, 0.717) is 36.6 Å². The molecule has 0 radical (unpaired) electrons. The molecule has 0 fully saturated rings. The van der Waals surface area contributed by atoms with Crippen LogP contribution < -0.4 is 5.32 Å². The molecule has 2 atom stereocenters. The molecule has 2 N–H and O–H groups in total. The summed E-state index contributed by atoms with van der Waals surface area (Å²) in [5.41, 5.74) is 1.70. The number of hydrogen-bond acceptors (Lipinski definition) is 2. The minimum absolute atomic E-state index is 0.194. The van der Waals surface area contributed by atoms with Crippen LogP contribution in [-0.2, 0) is 35.0 Å². The number of carbonyl (C=O) groups is 2. The lowest BCUT2D eigenvalue weighted by Gasteiger charge is -2.26. The number of halogens is 4. The number of carbonyl (C=O) groups excluding carboxylic acids is 1. The topological polar surface area (TPSA) is 71.3 Å². The molecule has 1 aliphatic rings. The third kappa shape index (κ3) is 4.64. The van der Waals surface area contributed by atoms with Crippen LogP contribution >= 0.6 is 0 Å². The molecule has 1 heterocycles. The third-order valence-electron chi connectivity index (χ3n) is 6.33. The maximum absolute atomic E-state index is 14.0. The van der Waals surface area contributed by atoms with E-state index >= 15 is 0 Å². The van der Waals surface area contributed by atoms with E-state index in [1.807, 2.05) is 0 Å². The van der Waals surface area contributed by atoms with Crippen molar-refractivity contribution < 1.29 is 32.3 Å². The van der Waals surface area contributed by atoms with Gasteiger partial charge >= 0.3 is 12.1 Å². The average molecular weight is 476 g/mol. The SMILES string of the molecule is CCC(C(=O)O)n1c2c(c3cc(F)ccc31)CC(NC(=O)Cc1cccc(C(F)(F)F)c1)CC2. The predicted octanol–water partition coefficient (Wildman–Crippen LogP) is 5.05. The van der Waals surface area contributed by atoms with Gasteiger partial charge in [0.2, 0.25) is 5.91 Å². The Hall–Kier alpha value is -3.36. The highest BCUT2D eigenvalue weighted by Gasteiger charge is 2.32. The van der Waals surface area contributed by atoms with Crippen LogP contribution in [0.3, 0.4) is 0 Å². The molecule has 0 spiro atoms. The van der Waals surface area contributed by atoms with Gasteiger partial charge in [0.25, 0.3) is 0 Å². The zero-order chi connectivity index (χ0) is 24.6.